The minimum absolute atomic E-state index is 0.0191. The Hall–Kier alpha value is -1.50. The molecule has 1 aliphatic rings. The summed E-state index contributed by atoms with van der Waals surface area (Å²) in [5, 5.41) is 17.0. The van der Waals surface area contributed by atoms with Crippen molar-refractivity contribution in [2.45, 2.75) is 24.5 Å². The summed E-state index contributed by atoms with van der Waals surface area (Å²) in [5.41, 5.74) is 0.0191. The van der Waals surface area contributed by atoms with Crippen molar-refractivity contribution in [3.05, 3.63) is 22.2 Å². The smallest absolute Gasteiger partial charge is 0.311 e. The van der Waals surface area contributed by atoms with Gasteiger partial charge in [0.15, 0.2) is 0 Å². The number of hydrogen-bond donors (Lipinski definition) is 2. The minimum Gasteiger partial charge on any atom is -0.373 e. The molecule has 19 heavy (non-hydrogen) atoms. The number of nitrogens with one attached hydrogen (secondary N) is 2. The van der Waals surface area contributed by atoms with Gasteiger partial charge in [-0.1, -0.05) is 0 Å². The molecule has 0 aromatic carbocycles. The van der Waals surface area contributed by atoms with Gasteiger partial charge in [-0.25, -0.2) is 4.98 Å². The van der Waals surface area contributed by atoms with E-state index in [-0.39, 0.29) is 10.4 Å². The molecule has 1 unspecified atom stereocenters. The van der Waals surface area contributed by atoms with Crippen molar-refractivity contribution >= 4 is 29.1 Å². The standard InChI is InChI=1S/C12H18N4O2S/c1-12(6-3-7-19-12)8-14-11-9(16(17)18)4-5-10(13-2)15-11/h4-5H,3,6-8H2,1-2H3,(H2,13,14,15). The third kappa shape index (κ3) is 3.28. The van der Waals surface area contributed by atoms with E-state index in [4.69, 9.17) is 0 Å². The van der Waals surface area contributed by atoms with E-state index in [0.717, 1.165) is 12.2 Å². The van der Waals surface area contributed by atoms with Crippen LogP contribution in [-0.4, -0.2) is 34.0 Å². The Morgan fingerprint density at radius 1 is 1.58 bits per heavy atom. The number of rotatable bonds is 5. The molecule has 0 saturated carbocycles. The highest BCUT2D eigenvalue weighted by Gasteiger charge is 2.30. The van der Waals surface area contributed by atoms with Gasteiger partial charge >= 0.3 is 5.69 Å². The van der Waals surface area contributed by atoms with Gasteiger partial charge in [-0.15, -0.1) is 0 Å². The summed E-state index contributed by atoms with van der Waals surface area (Å²) in [7, 11) is 1.74. The lowest BCUT2D eigenvalue weighted by Crippen LogP contribution is -2.27. The third-order valence-corrected chi connectivity index (χ3v) is 4.80. The molecule has 1 aliphatic heterocycles. The summed E-state index contributed by atoms with van der Waals surface area (Å²) < 4.78 is 0.144. The topological polar surface area (TPSA) is 80.1 Å². The Kier molecular flexibility index (Phi) is 4.14. The maximum atomic E-state index is 11.0. The first kappa shape index (κ1) is 13.9. The van der Waals surface area contributed by atoms with Crippen LogP contribution in [0.15, 0.2) is 12.1 Å². The second-order valence-corrected chi connectivity index (χ2v) is 6.51. The second-order valence-electron chi connectivity index (χ2n) is 4.83. The van der Waals surface area contributed by atoms with Crippen molar-refractivity contribution in [2.75, 3.05) is 30.0 Å². The molecule has 2 heterocycles. The highest BCUT2D eigenvalue weighted by Crippen LogP contribution is 2.38. The van der Waals surface area contributed by atoms with E-state index >= 15 is 0 Å². The van der Waals surface area contributed by atoms with Gasteiger partial charge in [0.2, 0.25) is 5.82 Å². The predicted octanol–water partition coefficient (Wildman–Crippen LogP) is 2.73. The zero-order chi connectivity index (χ0) is 13.9. The van der Waals surface area contributed by atoms with E-state index in [2.05, 4.69) is 22.5 Å². The van der Waals surface area contributed by atoms with Crippen molar-refractivity contribution in [1.82, 2.24) is 4.98 Å². The molecule has 2 N–H and O–H groups in total. The van der Waals surface area contributed by atoms with Crippen LogP contribution in [-0.2, 0) is 0 Å². The van der Waals surface area contributed by atoms with Crippen LogP contribution in [0.2, 0.25) is 0 Å². The highest BCUT2D eigenvalue weighted by molar-refractivity contribution is 8.00. The monoisotopic (exact) mass is 282 g/mol. The average Bonchev–Trinajstić information content (AvgIpc) is 2.83. The summed E-state index contributed by atoms with van der Waals surface area (Å²) in [6.07, 6.45) is 2.33. The summed E-state index contributed by atoms with van der Waals surface area (Å²) in [5.74, 6) is 2.12. The molecule has 1 saturated heterocycles. The van der Waals surface area contributed by atoms with Crippen LogP contribution in [0, 0.1) is 10.1 Å². The van der Waals surface area contributed by atoms with Gasteiger partial charge in [0, 0.05) is 24.4 Å². The molecule has 104 valence electrons. The lowest BCUT2D eigenvalue weighted by Gasteiger charge is -2.23. The van der Waals surface area contributed by atoms with Crippen LogP contribution in [0.1, 0.15) is 19.8 Å². The molecule has 0 amide bonds. The molecule has 0 bridgehead atoms. The molecule has 1 fully saturated rings. The molecular formula is C12H18N4O2S. The van der Waals surface area contributed by atoms with Crippen LogP contribution >= 0.6 is 11.8 Å². The van der Waals surface area contributed by atoms with Crippen molar-refractivity contribution in [3.8, 4) is 0 Å². The molecule has 0 radical (unpaired) electrons. The molecule has 6 nitrogen and oxygen atoms in total. The number of nitrogens with zero attached hydrogens (tertiary/aromatic N) is 2. The van der Waals surface area contributed by atoms with Crippen molar-refractivity contribution < 1.29 is 4.92 Å². The zero-order valence-electron chi connectivity index (χ0n) is 11.1. The lowest BCUT2D eigenvalue weighted by atomic mass is 10.1. The largest absolute Gasteiger partial charge is 0.373 e. The number of hydrogen-bond acceptors (Lipinski definition) is 6. The lowest BCUT2D eigenvalue weighted by molar-refractivity contribution is -0.384. The molecule has 0 aliphatic carbocycles. The normalized spacial score (nSPS) is 22.2. The van der Waals surface area contributed by atoms with E-state index in [9.17, 15) is 10.1 Å². The quantitative estimate of drug-likeness (QED) is 0.638. The molecule has 1 aromatic rings. The Morgan fingerprint density at radius 3 is 2.95 bits per heavy atom. The van der Waals surface area contributed by atoms with Crippen LogP contribution in [0.25, 0.3) is 0 Å². The third-order valence-electron chi connectivity index (χ3n) is 3.26. The van der Waals surface area contributed by atoms with Gasteiger partial charge in [-0.05, 0) is 31.6 Å². The van der Waals surface area contributed by atoms with Crippen LogP contribution in [0.4, 0.5) is 17.3 Å². The summed E-state index contributed by atoms with van der Waals surface area (Å²) >= 11 is 1.91. The number of anilines is 2. The minimum atomic E-state index is -0.404. The maximum Gasteiger partial charge on any atom is 0.311 e. The summed E-state index contributed by atoms with van der Waals surface area (Å²) in [6.45, 7) is 2.88. The molecule has 0 spiro atoms. The van der Waals surface area contributed by atoms with Gasteiger partial charge in [0.05, 0.1) is 4.92 Å². The fourth-order valence-electron chi connectivity index (χ4n) is 2.12. The fourth-order valence-corrected chi connectivity index (χ4v) is 3.36. The van der Waals surface area contributed by atoms with Crippen LogP contribution in [0.3, 0.4) is 0 Å². The number of thioether (sulfide) groups is 1. The fraction of sp³-hybridized carbons (Fsp3) is 0.583. The van der Waals surface area contributed by atoms with Crippen LogP contribution < -0.4 is 10.6 Å². The van der Waals surface area contributed by atoms with Crippen LogP contribution in [0.5, 0.6) is 0 Å². The Morgan fingerprint density at radius 2 is 2.37 bits per heavy atom. The first-order valence-electron chi connectivity index (χ1n) is 6.25. The van der Waals surface area contributed by atoms with Gasteiger partial charge in [-0.3, -0.25) is 10.1 Å². The summed E-state index contributed by atoms with van der Waals surface area (Å²) in [6, 6.07) is 3.08. The van der Waals surface area contributed by atoms with E-state index in [0.29, 0.717) is 18.2 Å². The molecule has 2 rings (SSSR count). The van der Waals surface area contributed by atoms with Gasteiger partial charge in [-0.2, -0.15) is 11.8 Å². The van der Waals surface area contributed by atoms with Crippen molar-refractivity contribution in [3.63, 3.8) is 0 Å². The Labute approximate surface area is 116 Å². The van der Waals surface area contributed by atoms with E-state index in [1.54, 1.807) is 13.1 Å². The van der Waals surface area contributed by atoms with Gasteiger partial charge < -0.3 is 10.6 Å². The van der Waals surface area contributed by atoms with Gasteiger partial charge in [0.1, 0.15) is 5.82 Å². The maximum absolute atomic E-state index is 11.0. The van der Waals surface area contributed by atoms with Crippen molar-refractivity contribution in [2.24, 2.45) is 0 Å². The first-order chi connectivity index (χ1) is 9.04. The Balaban J connectivity index is 2.15. The first-order valence-corrected chi connectivity index (χ1v) is 7.24. The van der Waals surface area contributed by atoms with E-state index in [1.807, 2.05) is 11.8 Å². The highest BCUT2D eigenvalue weighted by atomic mass is 32.2. The SMILES string of the molecule is CNc1ccc([N+](=O)[O-])c(NCC2(C)CCCS2)n1. The second kappa shape index (κ2) is 5.64. The number of pyridine rings is 1. The molecular weight excluding hydrogens is 264 g/mol. The molecule has 1 atom stereocenters. The number of aromatic nitrogens is 1. The average molecular weight is 282 g/mol. The molecule has 7 heteroatoms. The number of nitro groups is 1. The zero-order valence-corrected chi connectivity index (χ0v) is 11.9. The predicted molar refractivity (Wildman–Crippen MR) is 79.0 cm³/mol. The van der Waals surface area contributed by atoms with E-state index in [1.165, 1.54) is 12.5 Å². The molecule has 1 aromatic heterocycles. The Bertz CT molecular complexity index is 475. The van der Waals surface area contributed by atoms with Gasteiger partial charge in [0.25, 0.3) is 0 Å². The van der Waals surface area contributed by atoms with E-state index < -0.39 is 4.92 Å². The van der Waals surface area contributed by atoms with Crippen molar-refractivity contribution in [1.29, 1.82) is 0 Å². The summed E-state index contributed by atoms with van der Waals surface area (Å²) in [4.78, 5) is 14.8.